The van der Waals surface area contributed by atoms with Gasteiger partial charge in [0.25, 0.3) is 0 Å². The maximum Gasteiger partial charge on any atom is 0.167 e. The van der Waals surface area contributed by atoms with Gasteiger partial charge in [0.1, 0.15) is 11.6 Å². The molecule has 1 aliphatic rings. The van der Waals surface area contributed by atoms with Crippen molar-refractivity contribution in [3.8, 4) is 5.75 Å². The molecule has 0 spiro atoms. The molecule has 0 N–H and O–H groups in total. The second-order valence-electron chi connectivity index (χ2n) is 7.69. The number of aromatic nitrogens is 2. The fourth-order valence-electron chi connectivity index (χ4n) is 4.09. The normalized spacial score (nSPS) is 14.7. The number of fused-ring (bicyclic) bond motifs is 1. The molecule has 0 aliphatic heterocycles. The first kappa shape index (κ1) is 19.7. The van der Waals surface area contributed by atoms with Crippen LogP contribution >= 0.6 is 0 Å². The molecule has 1 atom stereocenters. The van der Waals surface area contributed by atoms with Gasteiger partial charge in [-0.3, -0.25) is 4.79 Å². The van der Waals surface area contributed by atoms with Crippen LogP contribution < -0.4 is 4.74 Å². The van der Waals surface area contributed by atoms with Crippen LogP contribution in [0.5, 0.6) is 5.75 Å². The van der Waals surface area contributed by atoms with E-state index in [1.165, 1.54) is 17.5 Å². The molecule has 4 heteroatoms. The molecule has 4 nitrogen and oxygen atoms in total. The average molecular weight is 369 g/mol. The number of carbonyl (C=O) groups is 1. The lowest BCUT2D eigenvalue weighted by atomic mass is 9.84. The molecule has 1 unspecified atom stereocenters. The van der Waals surface area contributed by atoms with Crippen molar-refractivity contribution in [3.63, 3.8) is 0 Å². The van der Waals surface area contributed by atoms with Crippen molar-refractivity contribution in [2.75, 3.05) is 6.61 Å². The second kappa shape index (κ2) is 8.73. The van der Waals surface area contributed by atoms with Crippen molar-refractivity contribution in [2.45, 2.75) is 72.8 Å². The van der Waals surface area contributed by atoms with Crippen LogP contribution in [0.2, 0.25) is 0 Å². The summed E-state index contributed by atoms with van der Waals surface area (Å²) < 4.78 is 8.10. The summed E-state index contributed by atoms with van der Waals surface area (Å²) in [6.07, 6.45) is 8.27. The van der Waals surface area contributed by atoms with Crippen LogP contribution in [0.4, 0.5) is 0 Å². The molecule has 3 rings (SSSR count). The number of nitrogens with zero attached hydrogens (tertiary/aromatic N) is 2. The number of benzene rings is 1. The molecule has 27 heavy (non-hydrogen) atoms. The van der Waals surface area contributed by atoms with E-state index in [9.17, 15) is 4.79 Å². The molecule has 146 valence electrons. The third-order valence-corrected chi connectivity index (χ3v) is 5.43. The third kappa shape index (κ3) is 4.26. The van der Waals surface area contributed by atoms with E-state index in [2.05, 4.69) is 29.6 Å². The Morgan fingerprint density at radius 1 is 1.22 bits per heavy atom. The maximum atomic E-state index is 13.3. The number of rotatable bonds is 8. The highest BCUT2D eigenvalue weighted by Gasteiger charge is 2.25. The predicted molar refractivity (Wildman–Crippen MR) is 109 cm³/mol. The molecule has 1 aromatic heterocycles. The minimum absolute atomic E-state index is 0.0719. The summed E-state index contributed by atoms with van der Waals surface area (Å²) in [7, 11) is 0. The molecular weight excluding hydrogens is 336 g/mol. The summed E-state index contributed by atoms with van der Waals surface area (Å²) in [5.41, 5.74) is 4.40. The Morgan fingerprint density at radius 2 is 1.96 bits per heavy atom. The lowest BCUT2D eigenvalue weighted by molar-refractivity contribution is 0.0916. The number of ether oxygens (including phenoxy) is 1. The van der Waals surface area contributed by atoms with Crippen molar-refractivity contribution >= 4 is 5.78 Å². The monoisotopic (exact) mass is 368 g/mol. The van der Waals surface area contributed by atoms with E-state index in [0.29, 0.717) is 6.54 Å². The zero-order valence-electron chi connectivity index (χ0n) is 17.2. The van der Waals surface area contributed by atoms with Gasteiger partial charge in [0, 0.05) is 30.6 Å². The van der Waals surface area contributed by atoms with Crippen LogP contribution in [0, 0.1) is 12.8 Å². The van der Waals surface area contributed by atoms with Crippen LogP contribution in [0.3, 0.4) is 0 Å². The molecule has 1 aromatic carbocycles. The number of imidazole rings is 1. The lowest BCUT2D eigenvalue weighted by Gasteiger charge is -2.23. The molecule has 0 saturated heterocycles. The van der Waals surface area contributed by atoms with Gasteiger partial charge >= 0.3 is 0 Å². The number of hydrogen-bond donors (Lipinski definition) is 0. The van der Waals surface area contributed by atoms with Crippen LogP contribution in [0.25, 0.3) is 0 Å². The number of aryl methyl sites for hydroxylation is 2. The lowest BCUT2D eigenvalue weighted by Crippen LogP contribution is -2.21. The summed E-state index contributed by atoms with van der Waals surface area (Å²) in [5, 5.41) is 0. The third-order valence-electron chi connectivity index (χ3n) is 5.43. The molecule has 0 amide bonds. The number of Topliss-reactive ketones (excluding diaryl/α,β-unsaturated/α-hetero) is 1. The van der Waals surface area contributed by atoms with Gasteiger partial charge in [0.15, 0.2) is 5.78 Å². The first-order chi connectivity index (χ1) is 13.0. The standard InChI is InChI=1S/C23H32N2O2/c1-5-13-27-21-12-11-20(18-9-7-8-10-19(18)21)23(26)16(3)14-25-15-17(4)24-22(25)6-2/h11-12,15-16H,5-10,13-14H2,1-4H3. The largest absolute Gasteiger partial charge is 0.493 e. The molecule has 0 fully saturated rings. The summed E-state index contributed by atoms with van der Waals surface area (Å²) >= 11 is 0. The minimum atomic E-state index is -0.0719. The highest BCUT2D eigenvalue weighted by molar-refractivity contribution is 5.99. The fraction of sp³-hybridized carbons (Fsp3) is 0.565. The van der Waals surface area contributed by atoms with E-state index < -0.39 is 0 Å². The Morgan fingerprint density at radius 3 is 2.67 bits per heavy atom. The summed E-state index contributed by atoms with van der Waals surface area (Å²) in [6, 6.07) is 4.01. The van der Waals surface area contributed by atoms with Crippen molar-refractivity contribution in [3.05, 3.63) is 46.5 Å². The zero-order valence-corrected chi connectivity index (χ0v) is 17.2. The molecule has 1 heterocycles. The average Bonchev–Trinajstić information content (AvgIpc) is 3.04. The summed E-state index contributed by atoms with van der Waals surface area (Å²) in [5.74, 6) is 2.20. The van der Waals surface area contributed by atoms with E-state index in [1.807, 2.05) is 26.0 Å². The Kier molecular flexibility index (Phi) is 6.35. The summed E-state index contributed by atoms with van der Waals surface area (Å²) in [4.78, 5) is 17.8. The Hall–Kier alpha value is -2.10. The Bertz CT molecular complexity index is 807. The van der Waals surface area contributed by atoms with Crippen molar-refractivity contribution < 1.29 is 9.53 Å². The van der Waals surface area contributed by atoms with Gasteiger partial charge in [-0.05, 0) is 62.3 Å². The van der Waals surface area contributed by atoms with Crippen LogP contribution in [-0.4, -0.2) is 21.9 Å². The molecule has 1 aliphatic carbocycles. The van der Waals surface area contributed by atoms with Gasteiger partial charge in [0.05, 0.1) is 12.3 Å². The van der Waals surface area contributed by atoms with Gasteiger partial charge in [-0.25, -0.2) is 4.98 Å². The smallest absolute Gasteiger partial charge is 0.167 e. The van der Waals surface area contributed by atoms with E-state index in [-0.39, 0.29) is 11.7 Å². The minimum Gasteiger partial charge on any atom is -0.493 e. The van der Waals surface area contributed by atoms with Crippen molar-refractivity contribution in [1.29, 1.82) is 0 Å². The first-order valence-corrected chi connectivity index (χ1v) is 10.4. The molecule has 0 radical (unpaired) electrons. The highest BCUT2D eigenvalue weighted by atomic mass is 16.5. The van der Waals surface area contributed by atoms with E-state index in [4.69, 9.17) is 4.74 Å². The summed E-state index contributed by atoms with van der Waals surface area (Å²) in [6.45, 7) is 9.69. The topological polar surface area (TPSA) is 44.1 Å². The molecule has 0 bridgehead atoms. The van der Waals surface area contributed by atoms with Gasteiger partial charge in [0.2, 0.25) is 0 Å². The molecule has 2 aromatic rings. The first-order valence-electron chi connectivity index (χ1n) is 10.4. The quantitative estimate of drug-likeness (QED) is 0.620. The predicted octanol–water partition coefficient (Wildman–Crippen LogP) is 4.94. The van der Waals surface area contributed by atoms with Crippen LogP contribution in [0.1, 0.15) is 73.0 Å². The number of hydrogen-bond acceptors (Lipinski definition) is 3. The Balaban J connectivity index is 1.85. The number of ketones is 1. The SMILES string of the molecule is CCCOc1ccc(C(=O)C(C)Cn2cc(C)nc2CC)c2c1CCCC2. The van der Waals surface area contributed by atoms with Crippen molar-refractivity contribution in [2.24, 2.45) is 5.92 Å². The van der Waals surface area contributed by atoms with Crippen LogP contribution in [-0.2, 0) is 25.8 Å². The second-order valence-corrected chi connectivity index (χ2v) is 7.69. The van der Waals surface area contributed by atoms with E-state index >= 15 is 0 Å². The highest BCUT2D eigenvalue weighted by Crippen LogP contribution is 2.33. The molecule has 0 saturated carbocycles. The fourth-order valence-corrected chi connectivity index (χ4v) is 4.09. The van der Waals surface area contributed by atoms with E-state index in [0.717, 1.165) is 61.5 Å². The van der Waals surface area contributed by atoms with E-state index in [1.54, 1.807) is 0 Å². The molecular formula is C23H32N2O2. The van der Waals surface area contributed by atoms with Gasteiger partial charge < -0.3 is 9.30 Å². The number of carbonyl (C=O) groups excluding carboxylic acids is 1. The Labute approximate surface area is 163 Å². The van der Waals surface area contributed by atoms with Gasteiger partial charge in [-0.15, -0.1) is 0 Å². The zero-order chi connectivity index (χ0) is 19.4. The van der Waals surface area contributed by atoms with Crippen molar-refractivity contribution in [1.82, 2.24) is 9.55 Å². The maximum absolute atomic E-state index is 13.3. The van der Waals surface area contributed by atoms with Gasteiger partial charge in [-0.1, -0.05) is 20.8 Å². The van der Waals surface area contributed by atoms with Gasteiger partial charge in [-0.2, -0.15) is 0 Å². The van der Waals surface area contributed by atoms with Crippen LogP contribution in [0.15, 0.2) is 18.3 Å².